The van der Waals surface area contributed by atoms with E-state index in [2.05, 4.69) is 35.6 Å². The standard InChI is InChI=1S/C42H48ClFN10O6/c1-24(2)54-32-5-4-28(16-26(32)17-35(41(54)59)60-23-37(56)45-3)47-38-31(43)20-46-42(49-38)52-14-12-50(13-15-52)21-25-8-10-51(11-9-25)34-19-27(44)18-29-30(34)22-53(40(29)58)33-6-7-36(55)48-39(33)57/h4-5,16-20,24-25,33H,6-15,21-23H2,1-3H3,(H,45,56)(H,46,47,49)(H,48,55,57). The Kier molecular flexibility index (Phi) is 11.6. The van der Waals surface area contributed by atoms with Crippen molar-refractivity contribution in [1.29, 1.82) is 0 Å². The second kappa shape index (κ2) is 17.0. The van der Waals surface area contributed by atoms with Crippen LogP contribution >= 0.6 is 11.6 Å². The van der Waals surface area contributed by atoms with E-state index in [0.29, 0.717) is 34.1 Å². The third kappa shape index (κ3) is 8.32. The number of piperidine rings is 2. The predicted octanol–water partition coefficient (Wildman–Crippen LogP) is 3.83. The molecule has 0 saturated carbocycles. The van der Waals surface area contributed by atoms with Crippen molar-refractivity contribution in [3.63, 3.8) is 0 Å². The summed E-state index contributed by atoms with van der Waals surface area (Å²) in [7, 11) is 1.51. The van der Waals surface area contributed by atoms with E-state index >= 15 is 0 Å². The zero-order chi connectivity index (χ0) is 42.2. The normalized spacial score (nSPS) is 18.9. The zero-order valence-corrected chi connectivity index (χ0v) is 34.6. The van der Waals surface area contributed by atoms with E-state index in [-0.39, 0.29) is 66.6 Å². The largest absolute Gasteiger partial charge is 0.478 e. The number of nitrogens with zero attached hydrogens (tertiary/aromatic N) is 7. The van der Waals surface area contributed by atoms with Crippen molar-refractivity contribution in [1.82, 2.24) is 35.0 Å². The summed E-state index contributed by atoms with van der Waals surface area (Å²) in [6.07, 6.45) is 3.84. The first-order valence-electron chi connectivity index (χ1n) is 20.4. The number of carbonyl (C=O) groups excluding carboxylic acids is 4. The monoisotopic (exact) mass is 842 g/mol. The molecule has 0 aliphatic carbocycles. The summed E-state index contributed by atoms with van der Waals surface area (Å²) in [6, 6.07) is 9.08. The van der Waals surface area contributed by atoms with Gasteiger partial charge in [0.2, 0.25) is 17.8 Å². The molecule has 1 atom stereocenters. The smallest absolute Gasteiger partial charge is 0.293 e. The number of benzene rings is 2. The van der Waals surface area contributed by atoms with Crippen LogP contribution in [0.5, 0.6) is 5.75 Å². The number of imide groups is 1. The molecule has 4 aliphatic heterocycles. The number of fused-ring (bicyclic) bond motifs is 2. The fourth-order valence-corrected chi connectivity index (χ4v) is 8.84. The minimum atomic E-state index is -0.752. The summed E-state index contributed by atoms with van der Waals surface area (Å²) in [4.78, 5) is 80.3. The third-order valence-corrected chi connectivity index (χ3v) is 12.2. The molecule has 18 heteroatoms. The lowest BCUT2D eigenvalue weighted by Gasteiger charge is -2.39. The summed E-state index contributed by atoms with van der Waals surface area (Å²) < 4.78 is 22.2. The number of carbonyl (C=O) groups is 4. The van der Waals surface area contributed by atoms with Crippen molar-refractivity contribution in [3.8, 4) is 5.75 Å². The third-order valence-electron chi connectivity index (χ3n) is 11.9. The lowest BCUT2D eigenvalue weighted by molar-refractivity contribution is -0.137. The van der Waals surface area contributed by atoms with Gasteiger partial charge in [-0.1, -0.05) is 11.6 Å². The van der Waals surface area contributed by atoms with Gasteiger partial charge in [-0.25, -0.2) is 9.37 Å². The maximum absolute atomic E-state index is 14.9. The van der Waals surface area contributed by atoms with Gasteiger partial charge in [0.25, 0.3) is 17.4 Å². The van der Waals surface area contributed by atoms with E-state index in [4.69, 9.17) is 21.3 Å². The fraction of sp³-hybridized carbons (Fsp3) is 0.452. The number of likely N-dealkylation sites (N-methyl/N-ethyl adjacent to an activating group) is 1. The van der Waals surface area contributed by atoms with Crippen molar-refractivity contribution in [2.45, 2.75) is 58.2 Å². The first-order chi connectivity index (χ1) is 28.9. The maximum Gasteiger partial charge on any atom is 0.293 e. The van der Waals surface area contributed by atoms with Gasteiger partial charge in [-0.15, -0.1) is 0 Å². The number of hydrogen-bond donors (Lipinski definition) is 3. The van der Waals surface area contributed by atoms with Gasteiger partial charge in [0, 0.05) is 99.8 Å². The average Bonchev–Trinajstić information content (AvgIpc) is 3.55. The summed E-state index contributed by atoms with van der Waals surface area (Å²) in [5.41, 5.74) is 2.82. The van der Waals surface area contributed by atoms with Gasteiger partial charge in [0.1, 0.15) is 16.9 Å². The number of pyridine rings is 1. The Balaban J connectivity index is 0.870. The minimum Gasteiger partial charge on any atom is -0.478 e. The Bertz CT molecular complexity index is 2410. The molecule has 6 heterocycles. The quantitative estimate of drug-likeness (QED) is 0.187. The predicted molar refractivity (Wildman–Crippen MR) is 225 cm³/mol. The molecule has 16 nitrogen and oxygen atoms in total. The molecule has 2 aromatic carbocycles. The Labute approximate surface area is 351 Å². The van der Waals surface area contributed by atoms with Crippen molar-refractivity contribution >= 4 is 69.3 Å². The fourth-order valence-electron chi connectivity index (χ4n) is 8.71. The van der Waals surface area contributed by atoms with Crippen LogP contribution in [0.2, 0.25) is 5.02 Å². The lowest BCUT2D eigenvalue weighted by Crippen LogP contribution is -2.52. The van der Waals surface area contributed by atoms with E-state index < -0.39 is 17.8 Å². The summed E-state index contributed by atoms with van der Waals surface area (Å²) in [5, 5.41) is 9.23. The van der Waals surface area contributed by atoms with Crippen LogP contribution in [0.3, 0.4) is 0 Å². The van der Waals surface area contributed by atoms with Gasteiger partial charge in [-0.2, -0.15) is 4.98 Å². The van der Waals surface area contributed by atoms with Gasteiger partial charge in [-0.05, 0) is 75.4 Å². The van der Waals surface area contributed by atoms with Crippen LogP contribution in [-0.2, 0) is 20.9 Å². The second-order valence-electron chi connectivity index (χ2n) is 16.1. The second-order valence-corrected chi connectivity index (χ2v) is 16.5. The van der Waals surface area contributed by atoms with Gasteiger partial charge in [-0.3, -0.25) is 34.2 Å². The van der Waals surface area contributed by atoms with Crippen LogP contribution in [0, 0.1) is 11.7 Å². The van der Waals surface area contributed by atoms with Gasteiger partial charge in [0.05, 0.1) is 11.7 Å². The Morgan fingerprint density at radius 1 is 1.00 bits per heavy atom. The first kappa shape index (κ1) is 40.9. The molecule has 2 aromatic heterocycles. The highest BCUT2D eigenvalue weighted by atomic mass is 35.5. The molecule has 60 heavy (non-hydrogen) atoms. The zero-order valence-electron chi connectivity index (χ0n) is 33.8. The Morgan fingerprint density at radius 2 is 1.77 bits per heavy atom. The van der Waals surface area contributed by atoms with Crippen LogP contribution in [0.1, 0.15) is 61.5 Å². The summed E-state index contributed by atoms with van der Waals surface area (Å²) in [5.74, 6) is -0.496. The average molecular weight is 843 g/mol. The van der Waals surface area contributed by atoms with E-state index in [1.807, 2.05) is 32.0 Å². The topological polar surface area (TPSA) is 174 Å². The summed E-state index contributed by atoms with van der Waals surface area (Å²) in [6.45, 7) is 9.26. The maximum atomic E-state index is 14.9. The van der Waals surface area contributed by atoms with E-state index in [1.165, 1.54) is 24.1 Å². The summed E-state index contributed by atoms with van der Waals surface area (Å²) >= 11 is 6.59. The highest BCUT2D eigenvalue weighted by Crippen LogP contribution is 2.37. The number of halogens is 2. The number of nitrogens with one attached hydrogen (secondary N) is 3. The number of amides is 4. The number of anilines is 4. The highest BCUT2D eigenvalue weighted by molar-refractivity contribution is 6.33. The number of ether oxygens (including phenoxy) is 1. The van der Waals surface area contributed by atoms with Crippen LogP contribution in [0.15, 0.2) is 47.4 Å². The van der Waals surface area contributed by atoms with Crippen molar-refractivity contribution in [3.05, 3.63) is 74.9 Å². The van der Waals surface area contributed by atoms with Crippen molar-refractivity contribution in [2.75, 3.05) is 74.6 Å². The number of rotatable bonds is 11. The molecule has 1 unspecified atom stereocenters. The lowest BCUT2D eigenvalue weighted by atomic mass is 9.94. The Hall–Kier alpha value is -5.81. The molecule has 0 bridgehead atoms. The van der Waals surface area contributed by atoms with Gasteiger partial charge >= 0.3 is 0 Å². The number of aromatic nitrogens is 3. The molecule has 0 radical (unpaired) electrons. The molecule has 316 valence electrons. The van der Waals surface area contributed by atoms with Gasteiger partial charge < -0.3 is 34.6 Å². The molecule has 3 saturated heterocycles. The number of hydrogen-bond acceptors (Lipinski definition) is 12. The first-order valence-corrected chi connectivity index (χ1v) is 20.8. The number of piperazine rings is 1. The van der Waals surface area contributed by atoms with E-state index in [9.17, 15) is 28.4 Å². The molecular formula is C42H48ClFN10O6. The molecule has 3 N–H and O–H groups in total. The van der Waals surface area contributed by atoms with Crippen LogP contribution in [-0.4, -0.2) is 113 Å². The molecule has 8 rings (SSSR count). The SMILES string of the molecule is CNC(=O)COc1cc2cc(Nc3nc(N4CCN(CC5CCN(c6cc(F)cc7c6CN(C6CCC(=O)NC6=O)C7=O)CC5)CC4)ncc3Cl)ccc2n(C(C)C)c1=O. The van der Waals surface area contributed by atoms with E-state index in [0.717, 1.165) is 75.1 Å². The molecular weight excluding hydrogens is 795 g/mol. The molecule has 3 fully saturated rings. The van der Waals surface area contributed by atoms with Crippen LogP contribution in [0.4, 0.5) is 27.5 Å². The van der Waals surface area contributed by atoms with Gasteiger partial charge in [0.15, 0.2) is 18.2 Å². The molecule has 4 aliphatic rings. The molecule has 4 amide bonds. The van der Waals surface area contributed by atoms with Crippen molar-refractivity contribution in [2.24, 2.45) is 5.92 Å². The van der Waals surface area contributed by atoms with Crippen LogP contribution in [0.25, 0.3) is 10.9 Å². The Morgan fingerprint density at radius 3 is 2.48 bits per heavy atom. The molecule has 0 spiro atoms. The minimum absolute atomic E-state index is 0.0796. The van der Waals surface area contributed by atoms with Crippen molar-refractivity contribution < 1.29 is 28.3 Å². The van der Waals surface area contributed by atoms with E-state index in [1.54, 1.807) is 16.8 Å². The highest BCUT2D eigenvalue weighted by Gasteiger charge is 2.41. The van der Waals surface area contributed by atoms with Crippen LogP contribution < -0.4 is 36.0 Å². The molecule has 4 aromatic rings.